The third-order valence-corrected chi connectivity index (χ3v) is 3.36. The molecule has 1 aromatic heterocycles. The van der Waals surface area contributed by atoms with Crippen molar-refractivity contribution in [2.45, 2.75) is 26.8 Å². The van der Waals surface area contributed by atoms with E-state index in [0.29, 0.717) is 13.1 Å². The molecule has 2 heterocycles. The van der Waals surface area contributed by atoms with Gasteiger partial charge in [0.15, 0.2) is 0 Å². The molecule has 0 aliphatic carbocycles. The molecule has 1 N–H and O–H groups in total. The molecule has 1 aliphatic heterocycles. The quantitative estimate of drug-likeness (QED) is 0.866. The van der Waals surface area contributed by atoms with Crippen molar-refractivity contribution >= 4 is 11.7 Å². The topological polar surface area (TPSA) is 61.4 Å². The van der Waals surface area contributed by atoms with Crippen molar-refractivity contribution in [2.75, 3.05) is 38.5 Å². The maximum atomic E-state index is 11.7. The van der Waals surface area contributed by atoms with Crippen LogP contribution < -0.4 is 5.32 Å². The van der Waals surface area contributed by atoms with Gasteiger partial charge in [-0.3, -0.25) is 9.69 Å². The number of nitrogens with one attached hydrogen (secondary N) is 1. The lowest BCUT2D eigenvalue weighted by atomic mass is 10.3. The average molecular weight is 277 g/mol. The molecule has 0 spiro atoms. The second-order valence-electron chi connectivity index (χ2n) is 5.26. The van der Waals surface area contributed by atoms with Crippen molar-refractivity contribution in [1.29, 1.82) is 0 Å². The highest BCUT2D eigenvalue weighted by Crippen LogP contribution is 2.10. The second kappa shape index (κ2) is 6.65. The first kappa shape index (κ1) is 14.7. The minimum Gasteiger partial charge on any atom is -0.370 e. The molecule has 0 bridgehead atoms. The van der Waals surface area contributed by atoms with E-state index in [4.69, 9.17) is 0 Å². The van der Waals surface area contributed by atoms with Crippen LogP contribution in [0.25, 0.3) is 0 Å². The Bertz CT molecular complexity index is 477. The number of anilines is 1. The van der Waals surface area contributed by atoms with Crippen LogP contribution in [-0.4, -0.2) is 58.9 Å². The molecule has 0 atom stereocenters. The summed E-state index contributed by atoms with van der Waals surface area (Å²) >= 11 is 0. The summed E-state index contributed by atoms with van der Waals surface area (Å²) in [5.74, 6) is 1.81. The summed E-state index contributed by atoms with van der Waals surface area (Å²) in [5, 5.41) is 3.28. The maximum absolute atomic E-state index is 11.7. The van der Waals surface area contributed by atoms with Crippen molar-refractivity contribution in [3.05, 3.63) is 17.6 Å². The second-order valence-corrected chi connectivity index (χ2v) is 5.26. The van der Waals surface area contributed by atoms with Gasteiger partial charge < -0.3 is 10.2 Å². The van der Waals surface area contributed by atoms with E-state index in [1.807, 2.05) is 20.0 Å². The maximum Gasteiger partial charge on any atom is 0.236 e. The first-order chi connectivity index (χ1) is 9.58. The van der Waals surface area contributed by atoms with Gasteiger partial charge in [0.1, 0.15) is 11.6 Å². The van der Waals surface area contributed by atoms with E-state index in [1.54, 1.807) is 4.90 Å². The standard InChI is InChI=1S/C14H23N5O/c1-4-5-15-12-8-11(2)16-13(17-12)9-19-7-6-18(3)14(20)10-19/h8H,4-7,9-10H2,1-3H3,(H,15,16,17). The van der Waals surface area contributed by atoms with Crippen LogP contribution in [0.2, 0.25) is 0 Å². The molecule has 1 aromatic rings. The molecule has 1 saturated heterocycles. The molecule has 1 aliphatic rings. The van der Waals surface area contributed by atoms with Crippen LogP contribution in [0.3, 0.4) is 0 Å². The zero-order chi connectivity index (χ0) is 14.5. The largest absolute Gasteiger partial charge is 0.370 e. The van der Waals surface area contributed by atoms with Crippen molar-refractivity contribution in [1.82, 2.24) is 19.8 Å². The summed E-state index contributed by atoms with van der Waals surface area (Å²) in [6.45, 7) is 7.72. The van der Waals surface area contributed by atoms with E-state index in [9.17, 15) is 4.79 Å². The predicted octanol–water partition coefficient (Wildman–Crippen LogP) is 0.881. The van der Waals surface area contributed by atoms with Crippen LogP contribution in [0.5, 0.6) is 0 Å². The van der Waals surface area contributed by atoms with Crippen LogP contribution >= 0.6 is 0 Å². The number of amides is 1. The van der Waals surface area contributed by atoms with E-state index in [0.717, 1.165) is 43.4 Å². The van der Waals surface area contributed by atoms with Crippen LogP contribution in [0, 0.1) is 6.92 Å². The summed E-state index contributed by atoms with van der Waals surface area (Å²) < 4.78 is 0. The molecule has 0 radical (unpaired) electrons. The molecule has 1 amide bonds. The molecule has 0 saturated carbocycles. The van der Waals surface area contributed by atoms with E-state index in [1.165, 1.54) is 0 Å². The van der Waals surface area contributed by atoms with Gasteiger partial charge in [-0.15, -0.1) is 0 Å². The van der Waals surface area contributed by atoms with Gasteiger partial charge in [-0.2, -0.15) is 0 Å². The highest BCUT2D eigenvalue weighted by atomic mass is 16.2. The van der Waals surface area contributed by atoms with Gasteiger partial charge in [0.2, 0.25) is 5.91 Å². The van der Waals surface area contributed by atoms with Gasteiger partial charge in [0.25, 0.3) is 0 Å². The van der Waals surface area contributed by atoms with Gasteiger partial charge in [-0.05, 0) is 13.3 Å². The summed E-state index contributed by atoms with van der Waals surface area (Å²) in [7, 11) is 1.84. The van der Waals surface area contributed by atoms with Gasteiger partial charge in [-0.25, -0.2) is 9.97 Å². The van der Waals surface area contributed by atoms with Crippen LogP contribution in [0.1, 0.15) is 24.9 Å². The Morgan fingerprint density at radius 2 is 2.15 bits per heavy atom. The van der Waals surface area contributed by atoms with E-state index < -0.39 is 0 Å². The number of carbonyl (C=O) groups excluding carboxylic acids is 1. The van der Waals surface area contributed by atoms with Crippen LogP contribution in [0.4, 0.5) is 5.82 Å². The fourth-order valence-corrected chi connectivity index (χ4v) is 2.19. The van der Waals surface area contributed by atoms with Gasteiger partial charge in [0, 0.05) is 38.4 Å². The predicted molar refractivity (Wildman–Crippen MR) is 78.5 cm³/mol. The van der Waals surface area contributed by atoms with E-state index in [-0.39, 0.29) is 5.91 Å². The zero-order valence-corrected chi connectivity index (χ0v) is 12.5. The van der Waals surface area contributed by atoms with Gasteiger partial charge >= 0.3 is 0 Å². The molecular formula is C14H23N5O. The summed E-state index contributed by atoms with van der Waals surface area (Å²) in [6.07, 6.45) is 1.06. The zero-order valence-electron chi connectivity index (χ0n) is 12.5. The monoisotopic (exact) mass is 277 g/mol. The first-order valence-corrected chi connectivity index (χ1v) is 7.13. The minimum atomic E-state index is 0.160. The van der Waals surface area contributed by atoms with Crippen molar-refractivity contribution in [2.24, 2.45) is 0 Å². The lowest BCUT2D eigenvalue weighted by Gasteiger charge is -2.31. The fraction of sp³-hybridized carbons (Fsp3) is 0.643. The number of rotatable bonds is 5. The molecule has 6 heteroatoms. The van der Waals surface area contributed by atoms with Crippen molar-refractivity contribution in [3.63, 3.8) is 0 Å². The number of nitrogens with zero attached hydrogens (tertiary/aromatic N) is 4. The average Bonchev–Trinajstić information content (AvgIpc) is 2.40. The molecule has 20 heavy (non-hydrogen) atoms. The molecule has 0 unspecified atom stereocenters. The Labute approximate surface area is 120 Å². The molecule has 1 fully saturated rings. The Balaban J connectivity index is 2.01. The number of aryl methyl sites for hydroxylation is 1. The molecule has 2 rings (SSSR count). The lowest BCUT2D eigenvalue weighted by molar-refractivity contribution is -0.134. The number of hydrogen-bond acceptors (Lipinski definition) is 5. The van der Waals surface area contributed by atoms with E-state index in [2.05, 4.69) is 27.1 Å². The Morgan fingerprint density at radius 3 is 2.85 bits per heavy atom. The highest BCUT2D eigenvalue weighted by Gasteiger charge is 2.21. The SMILES string of the molecule is CCCNc1cc(C)nc(CN2CCN(C)C(=O)C2)n1. The smallest absolute Gasteiger partial charge is 0.236 e. The van der Waals surface area contributed by atoms with Gasteiger partial charge in [0.05, 0.1) is 13.1 Å². The van der Waals surface area contributed by atoms with Crippen molar-refractivity contribution < 1.29 is 4.79 Å². The number of aromatic nitrogens is 2. The number of piperazine rings is 1. The Morgan fingerprint density at radius 1 is 1.35 bits per heavy atom. The lowest BCUT2D eigenvalue weighted by Crippen LogP contribution is -2.48. The normalized spacial score (nSPS) is 16.6. The Kier molecular flexibility index (Phi) is 4.89. The fourth-order valence-electron chi connectivity index (χ4n) is 2.19. The van der Waals surface area contributed by atoms with Crippen molar-refractivity contribution in [3.8, 4) is 0 Å². The summed E-state index contributed by atoms with van der Waals surface area (Å²) in [4.78, 5) is 24.5. The minimum absolute atomic E-state index is 0.160. The number of carbonyl (C=O) groups is 1. The molecule has 110 valence electrons. The molecule has 0 aromatic carbocycles. The van der Waals surface area contributed by atoms with E-state index >= 15 is 0 Å². The number of likely N-dealkylation sites (N-methyl/N-ethyl adjacent to an activating group) is 1. The summed E-state index contributed by atoms with van der Waals surface area (Å²) in [6, 6.07) is 1.95. The summed E-state index contributed by atoms with van der Waals surface area (Å²) in [5.41, 5.74) is 0.953. The third kappa shape index (κ3) is 3.90. The molecule has 6 nitrogen and oxygen atoms in total. The number of hydrogen-bond donors (Lipinski definition) is 1. The van der Waals surface area contributed by atoms with Crippen LogP contribution in [0.15, 0.2) is 6.07 Å². The Hall–Kier alpha value is -1.69. The van der Waals surface area contributed by atoms with Gasteiger partial charge in [-0.1, -0.05) is 6.92 Å². The third-order valence-electron chi connectivity index (χ3n) is 3.36. The highest BCUT2D eigenvalue weighted by molar-refractivity contribution is 5.78. The molecular weight excluding hydrogens is 254 g/mol. The van der Waals surface area contributed by atoms with Crippen LogP contribution in [-0.2, 0) is 11.3 Å². The first-order valence-electron chi connectivity index (χ1n) is 7.13.